The predicted molar refractivity (Wildman–Crippen MR) is 121 cm³/mol. The van der Waals surface area contributed by atoms with Crippen molar-refractivity contribution >= 4 is 17.3 Å². The Morgan fingerprint density at radius 1 is 1.27 bits per heavy atom. The van der Waals surface area contributed by atoms with Crippen LogP contribution >= 0.6 is 11.3 Å². The van der Waals surface area contributed by atoms with E-state index in [4.69, 9.17) is 4.74 Å². The molecule has 6 nitrogen and oxygen atoms in total. The molecule has 1 saturated heterocycles. The van der Waals surface area contributed by atoms with Gasteiger partial charge in [0, 0.05) is 50.2 Å². The number of guanidine groups is 1. The van der Waals surface area contributed by atoms with Crippen LogP contribution < -0.4 is 10.6 Å². The summed E-state index contributed by atoms with van der Waals surface area (Å²) in [6.07, 6.45) is 0. The standard InChI is InChI=1S/C22H32FN5OS/c1-24-22(25-14-17-6-7-19(23)18(13-17)16-27(2)3)26-15-20(21-5-4-12-30-21)28-8-10-29-11-9-28/h4-7,12-13,20H,8-11,14-16H2,1-3H3,(H2,24,25,26). The molecule has 1 aromatic heterocycles. The normalized spacial score (nSPS) is 16.6. The number of benzene rings is 1. The molecule has 1 aliphatic heterocycles. The van der Waals surface area contributed by atoms with Crippen molar-refractivity contribution < 1.29 is 9.13 Å². The van der Waals surface area contributed by atoms with Crippen molar-refractivity contribution in [3.05, 3.63) is 57.5 Å². The third-order valence-electron chi connectivity index (χ3n) is 5.10. The summed E-state index contributed by atoms with van der Waals surface area (Å²) in [4.78, 5) is 10.1. The number of nitrogens with one attached hydrogen (secondary N) is 2. The van der Waals surface area contributed by atoms with Gasteiger partial charge >= 0.3 is 0 Å². The summed E-state index contributed by atoms with van der Waals surface area (Å²) in [5.74, 6) is 0.572. The van der Waals surface area contributed by atoms with Crippen LogP contribution in [0.2, 0.25) is 0 Å². The van der Waals surface area contributed by atoms with Crippen LogP contribution in [-0.2, 0) is 17.8 Å². The van der Waals surface area contributed by atoms with E-state index in [1.165, 1.54) is 10.9 Å². The number of aliphatic imine (C=N–C) groups is 1. The van der Waals surface area contributed by atoms with Gasteiger partial charge in [-0.05, 0) is 43.2 Å². The molecule has 8 heteroatoms. The molecule has 1 unspecified atom stereocenters. The van der Waals surface area contributed by atoms with Gasteiger partial charge in [0.25, 0.3) is 0 Å². The molecule has 1 aromatic carbocycles. The van der Waals surface area contributed by atoms with Crippen molar-refractivity contribution in [2.45, 2.75) is 19.1 Å². The van der Waals surface area contributed by atoms with Crippen LogP contribution in [-0.4, -0.2) is 69.8 Å². The zero-order valence-corrected chi connectivity index (χ0v) is 18.8. The summed E-state index contributed by atoms with van der Waals surface area (Å²) in [7, 11) is 5.65. The van der Waals surface area contributed by atoms with E-state index in [9.17, 15) is 4.39 Å². The maximum absolute atomic E-state index is 14.0. The number of halogens is 1. The molecule has 1 aliphatic rings. The largest absolute Gasteiger partial charge is 0.379 e. The van der Waals surface area contributed by atoms with Gasteiger partial charge in [0.15, 0.2) is 5.96 Å². The number of morpholine rings is 1. The molecule has 2 N–H and O–H groups in total. The summed E-state index contributed by atoms with van der Waals surface area (Å²) in [5, 5.41) is 8.94. The van der Waals surface area contributed by atoms with Gasteiger partial charge in [0.05, 0.1) is 19.3 Å². The van der Waals surface area contributed by atoms with E-state index in [2.05, 4.69) is 38.0 Å². The highest BCUT2D eigenvalue weighted by Crippen LogP contribution is 2.25. The number of hydrogen-bond acceptors (Lipinski definition) is 5. The summed E-state index contributed by atoms with van der Waals surface area (Å²) in [6.45, 7) is 5.33. The van der Waals surface area contributed by atoms with Crippen LogP contribution in [0.5, 0.6) is 0 Å². The molecule has 0 amide bonds. The van der Waals surface area contributed by atoms with Gasteiger partial charge in [-0.25, -0.2) is 4.39 Å². The number of hydrogen-bond donors (Lipinski definition) is 2. The van der Waals surface area contributed by atoms with E-state index in [1.807, 2.05) is 31.1 Å². The minimum atomic E-state index is -0.167. The lowest BCUT2D eigenvalue weighted by atomic mass is 10.1. The lowest BCUT2D eigenvalue weighted by Gasteiger charge is -2.34. The SMILES string of the molecule is CN=C(NCc1ccc(F)c(CN(C)C)c1)NCC(c1cccs1)N1CCOCC1. The topological polar surface area (TPSA) is 52.1 Å². The fourth-order valence-electron chi connectivity index (χ4n) is 3.58. The molecular weight excluding hydrogens is 401 g/mol. The second-order valence-corrected chi connectivity index (χ2v) is 8.63. The van der Waals surface area contributed by atoms with E-state index in [0.29, 0.717) is 18.7 Å². The highest BCUT2D eigenvalue weighted by molar-refractivity contribution is 7.10. The van der Waals surface area contributed by atoms with Gasteiger partial charge in [-0.1, -0.05) is 12.1 Å². The molecule has 2 aromatic rings. The minimum absolute atomic E-state index is 0.167. The maximum Gasteiger partial charge on any atom is 0.191 e. The van der Waals surface area contributed by atoms with E-state index in [1.54, 1.807) is 18.4 Å². The van der Waals surface area contributed by atoms with Crippen molar-refractivity contribution in [2.24, 2.45) is 4.99 Å². The average molecular weight is 434 g/mol. The molecule has 0 radical (unpaired) electrons. The lowest BCUT2D eigenvalue weighted by Crippen LogP contribution is -2.46. The minimum Gasteiger partial charge on any atom is -0.379 e. The maximum atomic E-state index is 14.0. The lowest BCUT2D eigenvalue weighted by molar-refractivity contribution is 0.0177. The summed E-state index contributed by atoms with van der Waals surface area (Å²) >= 11 is 1.78. The van der Waals surface area contributed by atoms with E-state index >= 15 is 0 Å². The number of nitrogens with zero attached hydrogens (tertiary/aromatic N) is 3. The first-order chi connectivity index (χ1) is 14.6. The summed E-state index contributed by atoms with van der Waals surface area (Å²) in [5.41, 5.74) is 1.73. The first-order valence-corrected chi connectivity index (χ1v) is 11.2. The fourth-order valence-corrected chi connectivity index (χ4v) is 4.44. The zero-order valence-electron chi connectivity index (χ0n) is 18.0. The van der Waals surface area contributed by atoms with Crippen LogP contribution in [0.1, 0.15) is 22.0 Å². The van der Waals surface area contributed by atoms with Gasteiger partial charge < -0.3 is 20.3 Å². The molecule has 2 heterocycles. The van der Waals surface area contributed by atoms with Gasteiger partial charge in [0.2, 0.25) is 0 Å². The zero-order chi connectivity index (χ0) is 21.3. The van der Waals surface area contributed by atoms with Crippen molar-refractivity contribution in [1.29, 1.82) is 0 Å². The Balaban J connectivity index is 1.58. The van der Waals surface area contributed by atoms with E-state index < -0.39 is 0 Å². The second-order valence-electron chi connectivity index (χ2n) is 7.65. The fraction of sp³-hybridized carbons (Fsp3) is 0.500. The van der Waals surface area contributed by atoms with E-state index in [0.717, 1.165) is 44.4 Å². The number of rotatable bonds is 8. The second kappa shape index (κ2) is 11.4. The molecule has 0 spiro atoms. The first-order valence-electron chi connectivity index (χ1n) is 10.3. The Labute approximate surface area is 182 Å². The quantitative estimate of drug-likeness (QED) is 0.495. The van der Waals surface area contributed by atoms with Gasteiger partial charge in [-0.15, -0.1) is 11.3 Å². The van der Waals surface area contributed by atoms with Crippen molar-refractivity contribution in [1.82, 2.24) is 20.4 Å². The highest BCUT2D eigenvalue weighted by atomic mass is 32.1. The smallest absolute Gasteiger partial charge is 0.191 e. The Bertz CT molecular complexity index is 806. The molecule has 0 aliphatic carbocycles. The van der Waals surface area contributed by atoms with Gasteiger partial charge in [-0.3, -0.25) is 9.89 Å². The van der Waals surface area contributed by atoms with Crippen molar-refractivity contribution in [3.63, 3.8) is 0 Å². The first kappa shape index (κ1) is 22.7. The molecule has 1 atom stereocenters. The third-order valence-corrected chi connectivity index (χ3v) is 6.07. The predicted octanol–water partition coefficient (Wildman–Crippen LogP) is 2.69. The number of ether oxygens (including phenoxy) is 1. The summed E-state index contributed by atoms with van der Waals surface area (Å²) < 4.78 is 19.5. The van der Waals surface area contributed by atoms with Gasteiger partial charge in [0.1, 0.15) is 5.82 Å². The van der Waals surface area contributed by atoms with Crippen LogP contribution in [0.25, 0.3) is 0 Å². The van der Waals surface area contributed by atoms with Crippen LogP contribution in [0.3, 0.4) is 0 Å². The Morgan fingerprint density at radius 2 is 2.07 bits per heavy atom. The molecule has 3 rings (SSSR count). The van der Waals surface area contributed by atoms with Crippen LogP contribution in [0, 0.1) is 5.82 Å². The molecular formula is C22H32FN5OS. The molecule has 0 saturated carbocycles. The monoisotopic (exact) mass is 433 g/mol. The number of thiophene rings is 1. The Kier molecular flexibility index (Phi) is 8.62. The summed E-state index contributed by atoms with van der Waals surface area (Å²) in [6, 6.07) is 9.84. The molecule has 0 bridgehead atoms. The Morgan fingerprint density at radius 3 is 2.73 bits per heavy atom. The molecule has 30 heavy (non-hydrogen) atoms. The van der Waals surface area contributed by atoms with Crippen LogP contribution in [0.4, 0.5) is 4.39 Å². The molecule has 164 valence electrons. The third kappa shape index (κ3) is 6.50. The van der Waals surface area contributed by atoms with E-state index in [-0.39, 0.29) is 11.9 Å². The van der Waals surface area contributed by atoms with Crippen molar-refractivity contribution in [3.8, 4) is 0 Å². The van der Waals surface area contributed by atoms with Crippen LogP contribution in [0.15, 0.2) is 40.7 Å². The Hall–Kier alpha value is -2.00. The highest BCUT2D eigenvalue weighted by Gasteiger charge is 2.23. The average Bonchev–Trinajstić information content (AvgIpc) is 3.27. The van der Waals surface area contributed by atoms with Gasteiger partial charge in [-0.2, -0.15) is 0 Å². The molecule has 1 fully saturated rings. The van der Waals surface area contributed by atoms with Crippen molar-refractivity contribution in [2.75, 3.05) is 54.0 Å².